The van der Waals surface area contributed by atoms with Gasteiger partial charge in [0.2, 0.25) is 5.91 Å². The Morgan fingerprint density at radius 3 is 2.49 bits per heavy atom. The van der Waals surface area contributed by atoms with E-state index >= 15 is 0 Å². The predicted molar refractivity (Wildman–Crippen MR) is 135 cm³/mol. The highest BCUT2D eigenvalue weighted by Crippen LogP contribution is 2.38. The summed E-state index contributed by atoms with van der Waals surface area (Å²) in [5, 5.41) is 3.68. The summed E-state index contributed by atoms with van der Waals surface area (Å²) >= 11 is 0. The molecule has 1 N–H and O–H groups in total. The molecule has 0 atom stereocenters. The molecule has 0 aliphatic heterocycles. The monoisotopic (exact) mass is 475 g/mol. The van der Waals surface area contributed by atoms with Crippen LogP contribution in [0.1, 0.15) is 19.4 Å². The molecular formula is C28H26FNO5. The molecule has 180 valence electrons. The van der Waals surface area contributed by atoms with E-state index in [-0.39, 0.29) is 11.7 Å². The van der Waals surface area contributed by atoms with Gasteiger partial charge in [-0.3, -0.25) is 4.79 Å². The maximum absolute atomic E-state index is 13.4. The molecule has 0 saturated carbocycles. The van der Waals surface area contributed by atoms with Crippen molar-refractivity contribution in [2.75, 3.05) is 26.1 Å². The smallest absolute Gasteiger partial charge is 0.248 e. The third-order valence-corrected chi connectivity index (χ3v) is 5.57. The zero-order chi connectivity index (χ0) is 24.9. The Balaban J connectivity index is 1.70. The van der Waals surface area contributed by atoms with Crippen LogP contribution in [0.15, 0.2) is 71.4 Å². The van der Waals surface area contributed by atoms with Crippen LogP contribution in [0.5, 0.6) is 17.2 Å². The quantitative estimate of drug-likeness (QED) is 0.287. The minimum Gasteiger partial charge on any atom is -0.497 e. The molecule has 0 fully saturated rings. The number of carbonyl (C=O) groups excluding carboxylic acids is 1. The van der Waals surface area contributed by atoms with Crippen molar-refractivity contribution in [1.82, 2.24) is 0 Å². The van der Waals surface area contributed by atoms with Crippen molar-refractivity contribution in [3.63, 3.8) is 0 Å². The summed E-state index contributed by atoms with van der Waals surface area (Å²) in [5.41, 5.74) is 4.26. The number of halogens is 1. The lowest BCUT2D eigenvalue weighted by Crippen LogP contribution is -2.10. The van der Waals surface area contributed by atoms with Gasteiger partial charge in [0, 0.05) is 34.7 Å². The number of rotatable bonds is 8. The number of benzene rings is 3. The minimum absolute atomic E-state index is 0.306. The van der Waals surface area contributed by atoms with Crippen LogP contribution in [0.25, 0.3) is 27.7 Å². The highest BCUT2D eigenvalue weighted by Gasteiger charge is 2.16. The van der Waals surface area contributed by atoms with Crippen molar-refractivity contribution in [2.45, 2.75) is 13.8 Å². The van der Waals surface area contributed by atoms with E-state index in [0.717, 1.165) is 22.1 Å². The fourth-order valence-electron chi connectivity index (χ4n) is 3.84. The van der Waals surface area contributed by atoms with E-state index in [0.29, 0.717) is 40.7 Å². The van der Waals surface area contributed by atoms with Gasteiger partial charge in [-0.1, -0.05) is 12.1 Å². The minimum atomic E-state index is -0.320. The number of anilines is 1. The number of nitrogens with one attached hydrogen (secondary N) is 1. The normalized spacial score (nSPS) is 11.4. The lowest BCUT2D eigenvalue weighted by atomic mass is 9.99. The van der Waals surface area contributed by atoms with Gasteiger partial charge in [-0.25, -0.2) is 4.39 Å². The van der Waals surface area contributed by atoms with Crippen LogP contribution >= 0.6 is 0 Å². The highest BCUT2D eigenvalue weighted by molar-refractivity contribution is 6.06. The van der Waals surface area contributed by atoms with Crippen molar-refractivity contribution in [3.8, 4) is 28.4 Å². The maximum Gasteiger partial charge on any atom is 0.248 e. The summed E-state index contributed by atoms with van der Waals surface area (Å²) in [4.78, 5) is 12.9. The first kappa shape index (κ1) is 23.9. The van der Waals surface area contributed by atoms with Crippen LogP contribution in [-0.4, -0.2) is 26.7 Å². The van der Waals surface area contributed by atoms with Crippen LogP contribution in [0.2, 0.25) is 0 Å². The van der Waals surface area contributed by atoms with Crippen LogP contribution in [-0.2, 0) is 4.79 Å². The SMILES string of the molecule is CCOc1cc2occ(-c3ccc(F)cc3)c2cc1/C(C)=C/C(=O)Nc1ccc(OC)cc1OC. The van der Waals surface area contributed by atoms with E-state index in [9.17, 15) is 9.18 Å². The summed E-state index contributed by atoms with van der Waals surface area (Å²) in [5.74, 6) is 1.09. The summed E-state index contributed by atoms with van der Waals surface area (Å²) in [6, 6.07) is 15.1. The fourth-order valence-corrected chi connectivity index (χ4v) is 3.84. The van der Waals surface area contributed by atoms with Gasteiger partial charge in [-0.05, 0) is 55.3 Å². The molecule has 0 unspecified atom stereocenters. The molecule has 7 heteroatoms. The van der Waals surface area contributed by atoms with E-state index in [1.54, 1.807) is 43.7 Å². The molecule has 3 aromatic carbocycles. The molecule has 0 radical (unpaired) electrons. The molecule has 1 aromatic heterocycles. The van der Waals surface area contributed by atoms with E-state index in [4.69, 9.17) is 18.6 Å². The fraction of sp³-hybridized carbons (Fsp3) is 0.179. The maximum atomic E-state index is 13.4. The van der Waals surface area contributed by atoms with Gasteiger partial charge in [0.1, 0.15) is 28.6 Å². The number of allylic oxidation sites excluding steroid dienone is 1. The van der Waals surface area contributed by atoms with Gasteiger partial charge < -0.3 is 23.9 Å². The number of fused-ring (bicyclic) bond motifs is 1. The predicted octanol–water partition coefficient (Wildman–Crippen LogP) is 6.70. The Bertz CT molecular complexity index is 1390. The Morgan fingerprint density at radius 2 is 1.80 bits per heavy atom. The molecule has 35 heavy (non-hydrogen) atoms. The first-order valence-electron chi connectivity index (χ1n) is 11.1. The molecule has 1 amide bonds. The third-order valence-electron chi connectivity index (χ3n) is 5.57. The van der Waals surface area contributed by atoms with Gasteiger partial charge >= 0.3 is 0 Å². The first-order chi connectivity index (χ1) is 16.9. The van der Waals surface area contributed by atoms with Gasteiger partial charge in [-0.15, -0.1) is 0 Å². The van der Waals surface area contributed by atoms with Crippen molar-refractivity contribution < 1.29 is 27.8 Å². The molecule has 0 aliphatic carbocycles. The number of carbonyl (C=O) groups is 1. The number of hydrogen-bond donors (Lipinski definition) is 1. The van der Waals surface area contributed by atoms with Gasteiger partial charge in [0.15, 0.2) is 0 Å². The van der Waals surface area contributed by atoms with Crippen molar-refractivity contribution >= 4 is 28.1 Å². The largest absolute Gasteiger partial charge is 0.497 e. The lowest BCUT2D eigenvalue weighted by molar-refractivity contribution is -0.111. The number of ether oxygens (including phenoxy) is 3. The van der Waals surface area contributed by atoms with Crippen molar-refractivity contribution in [1.29, 1.82) is 0 Å². The Labute approximate surface area is 202 Å². The third kappa shape index (κ3) is 5.14. The molecule has 0 aliphatic rings. The molecule has 6 nitrogen and oxygen atoms in total. The van der Waals surface area contributed by atoms with Gasteiger partial charge in [-0.2, -0.15) is 0 Å². The van der Waals surface area contributed by atoms with E-state index in [1.165, 1.54) is 25.3 Å². The highest BCUT2D eigenvalue weighted by atomic mass is 19.1. The summed E-state index contributed by atoms with van der Waals surface area (Å²) in [6.45, 7) is 4.18. The number of methoxy groups -OCH3 is 2. The molecular weight excluding hydrogens is 449 g/mol. The van der Waals surface area contributed by atoms with Crippen LogP contribution < -0.4 is 19.5 Å². The van der Waals surface area contributed by atoms with Crippen LogP contribution in [0.3, 0.4) is 0 Å². The first-order valence-corrected chi connectivity index (χ1v) is 11.1. The summed E-state index contributed by atoms with van der Waals surface area (Å²) in [7, 11) is 3.09. The molecule has 0 saturated heterocycles. The standard InChI is InChI=1S/C28H26FNO5/c1-5-34-25-15-26-22(23(16-35-26)18-6-8-19(29)9-7-18)14-21(25)17(2)12-28(31)30-24-11-10-20(32-3)13-27(24)33-4/h6-16H,5H2,1-4H3,(H,30,31)/b17-12+. The zero-order valence-corrected chi connectivity index (χ0v) is 20.0. The van der Waals surface area contributed by atoms with E-state index in [2.05, 4.69) is 5.32 Å². The Morgan fingerprint density at radius 1 is 1.03 bits per heavy atom. The van der Waals surface area contributed by atoms with Crippen molar-refractivity contribution in [3.05, 3.63) is 78.3 Å². The van der Waals surface area contributed by atoms with Crippen molar-refractivity contribution in [2.24, 2.45) is 0 Å². The number of hydrogen-bond acceptors (Lipinski definition) is 5. The van der Waals surface area contributed by atoms with Crippen LogP contribution in [0, 0.1) is 5.82 Å². The van der Waals surface area contributed by atoms with E-state index < -0.39 is 0 Å². The molecule has 4 rings (SSSR count). The summed E-state index contributed by atoms with van der Waals surface area (Å²) in [6.07, 6.45) is 3.14. The van der Waals surface area contributed by atoms with E-state index in [1.807, 2.05) is 26.0 Å². The molecule has 4 aromatic rings. The van der Waals surface area contributed by atoms with Gasteiger partial charge in [0.25, 0.3) is 0 Å². The zero-order valence-electron chi connectivity index (χ0n) is 20.0. The second kappa shape index (κ2) is 10.3. The average Bonchev–Trinajstić information content (AvgIpc) is 3.27. The number of amides is 1. The second-order valence-electron chi connectivity index (χ2n) is 7.82. The summed E-state index contributed by atoms with van der Waals surface area (Å²) < 4.78 is 35.6. The number of furan rings is 1. The Kier molecular flexibility index (Phi) is 7.06. The molecule has 0 bridgehead atoms. The lowest BCUT2D eigenvalue weighted by Gasteiger charge is -2.13. The van der Waals surface area contributed by atoms with Crippen LogP contribution in [0.4, 0.5) is 10.1 Å². The topological polar surface area (TPSA) is 69.9 Å². The van der Waals surface area contributed by atoms with Gasteiger partial charge in [0.05, 0.1) is 32.8 Å². The molecule has 0 spiro atoms. The average molecular weight is 476 g/mol. The molecule has 1 heterocycles. The second-order valence-corrected chi connectivity index (χ2v) is 7.82. The Hall–Kier alpha value is -4.26.